The summed E-state index contributed by atoms with van der Waals surface area (Å²) in [5.74, 6) is -0.444. The Morgan fingerprint density at radius 2 is 2.13 bits per heavy atom. The minimum atomic E-state index is -3.04. The van der Waals surface area contributed by atoms with Gasteiger partial charge < -0.3 is 10.2 Å². The monoisotopic (exact) mass is 450 g/mol. The van der Waals surface area contributed by atoms with E-state index in [0.29, 0.717) is 18.5 Å². The molecule has 6 nitrogen and oxygen atoms in total. The predicted molar refractivity (Wildman–Crippen MR) is 95.9 cm³/mol. The smallest absolute Gasteiger partial charge is 0.254 e. The van der Waals surface area contributed by atoms with Crippen LogP contribution in [-0.2, 0) is 14.6 Å². The maximum absolute atomic E-state index is 12.5. The zero-order valence-electron chi connectivity index (χ0n) is 12.8. The fourth-order valence-corrected chi connectivity index (χ4v) is 4.70. The number of rotatable bonds is 5. The summed E-state index contributed by atoms with van der Waals surface area (Å²) in [5.41, 5.74) is 0.537. The van der Waals surface area contributed by atoms with Gasteiger partial charge in [0.1, 0.15) is 0 Å². The van der Waals surface area contributed by atoms with Gasteiger partial charge >= 0.3 is 0 Å². The highest BCUT2D eigenvalue weighted by atomic mass is 127. The summed E-state index contributed by atoms with van der Waals surface area (Å²) in [6, 6.07) is 6.83. The Labute approximate surface area is 149 Å². The van der Waals surface area contributed by atoms with Gasteiger partial charge in [0.25, 0.3) is 5.91 Å². The van der Waals surface area contributed by atoms with Crippen molar-refractivity contribution in [2.24, 2.45) is 0 Å². The Hall–Kier alpha value is -1.16. The lowest BCUT2D eigenvalue weighted by atomic mass is 10.2. The summed E-state index contributed by atoms with van der Waals surface area (Å²) in [7, 11) is -3.04. The van der Waals surface area contributed by atoms with Crippen LogP contribution >= 0.6 is 22.6 Å². The van der Waals surface area contributed by atoms with Crippen molar-refractivity contribution in [2.75, 3.05) is 24.6 Å². The number of carbonyl (C=O) groups is 2. The molecule has 1 N–H and O–H groups in total. The van der Waals surface area contributed by atoms with Gasteiger partial charge in [-0.15, -0.1) is 0 Å². The number of likely N-dealkylation sites (N-methyl/N-ethyl adjacent to an activating group) is 1. The van der Waals surface area contributed by atoms with Crippen LogP contribution in [0.3, 0.4) is 0 Å². The highest BCUT2D eigenvalue weighted by Gasteiger charge is 2.29. The SMILES string of the molecule is CCN(CC(=O)N[C@@H]1CCS(=O)(=O)C1)C(=O)c1cccc(I)c1. The third-order valence-electron chi connectivity index (χ3n) is 3.67. The van der Waals surface area contributed by atoms with E-state index in [4.69, 9.17) is 0 Å². The van der Waals surface area contributed by atoms with E-state index in [0.717, 1.165) is 3.57 Å². The van der Waals surface area contributed by atoms with E-state index in [1.165, 1.54) is 4.90 Å². The maximum Gasteiger partial charge on any atom is 0.254 e. The van der Waals surface area contributed by atoms with Crippen LogP contribution in [0, 0.1) is 3.57 Å². The van der Waals surface area contributed by atoms with Crippen LogP contribution in [0.15, 0.2) is 24.3 Å². The summed E-state index contributed by atoms with van der Waals surface area (Å²) >= 11 is 2.13. The Morgan fingerprint density at radius 1 is 1.39 bits per heavy atom. The lowest BCUT2D eigenvalue weighted by molar-refractivity contribution is -0.122. The van der Waals surface area contributed by atoms with Gasteiger partial charge in [0.05, 0.1) is 18.1 Å². The molecule has 1 fully saturated rings. The first-order valence-electron chi connectivity index (χ1n) is 7.35. The van der Waals surface area contributed by atoms with Crippen LogP contribution in [0.1, 0.15) is 23.7 Å². The van der Waals surface area contributed by atoms with Crippen LogP contribution in [0.25, 0.3) is 0 Å². The Balaban J connectivity index is 1.96. The molecule has 8 heteroatoms. The molecule has 0 bridgehead atoms. The van der Waals surface area contributed by atoms with E-state index in [1.807, 2.05) is 6.07 Å². The molecule has 1 heterocycles. The molecular weight excluding hydrogens is 431 g/mol. The molecule has 1 aliphatic rings. The van der Waals surface area contributed by atoms with Gasteiger partial charge in [0, 0.05) is 21.7 Å². The molecule has 1 aliphatic heterocycles. The number of hydrogen-bond acceptors (Lipinski definition) is 4. The number of halogens is 1. The molecule has 1 aromatic rings. The molecule has 2 amide bonds. The fraction of sp³-hybridized carbons (Fsp3) is 0.467. The minimum Gasteiger partial charge on any atom is -0.351 e. The molecule has 0 radical (unpaired) electrons. The molecule has 23 heavy (non-hydrogen) atoms. The first kappa shape index (κ1) is 18.2. The second-order valence-electron chi connectivity index (χ2n) is 5.50. The molecule has 0 aliphatic carbocycles. The van der Waals surface area contributed by atoms with Crippen molar-refractivity contribution in [1.29, 1.82) is 0 Å². The first-order chi connectivity index (χ1) is 10.8. The van der Waals surface area contributed by atoms with Crippen molar-refractivity contribution in [3.63, 3.8) is 0 Å². The van der Waals surface area contributed by atoms with Crippen LogP contribution in [0.2, 0.25) is 0 Å². The Morgan fingerprint density at radius 3 is 2.70 bits per heavy atom. The molecule has 2 rings (SSSR count). The maximum atomic E-state index is 12.5. The topological polar surface area (TPSA) is 83.6 Å². The Kier molecular flexibility index (Phi) is 6.01. The highest BCUT2D eigenvalue weighted by Crippen LogP contribution is 2.12. The third-order valence-corrected chi connectivity index (χ3v) is 6.11. The van der Waals surface area contributed by atoms with Crippen molar-refractivity contribution in [3.05, 3.63) is 33.4 Å². The number of sulfone groups is 1. The molecule has 0 saturated carbocycles. The zero-order chi connectivity index (χ0) is 17.0. The number of nitrogens with zero attached hydrogens (tertiary/aromatic N) is 1. The highest BCUT2D eigenvalue weighted by molar-refractivity contribution is 14.1. The average Bonchev–Trinajstić information content (AvgIpc) is 2.82. The summed E-state index contributed by atoms with van der Waals surface area (Å²) in [6.45, 7) is 2.14. The van der Waals surface area contributed by atoms with Crippen molar-refractivity contribution < 1.29 is 18.0 Å². The predicted octanol–water partition coefficient (Wildman–Crippen LogP) is 1.06. The summed E-state index contributed by atoms with van der Waals surface area (Å²) < 4.78 is 23.8. The minimum absolute atomic E-state index is 0.0182. The number of hydrogen-bond donors (Lipinski definition) is 1. The normalized spacial score (nSPS) is 19.3. The number of carbonyl (C=O) groups excluding carboxylic acids is 2. The van der Waals surface area contributed by atoms with E-state index in [2.05, 4.69) is 27.9 Å². The van der Waals surface area contributed by atoms with Gasteiger partial charge in [0.15, 0.2) is 9.84 Å². The van der Waals surface area contributed by atoms with Crippen molar-refractivity contribution >= 4 is 44.2 Å². The summed E-state index contributed by atoms with van der Waals surface area (Å²) in [4.78, 5) is 26.0. The largest absolute Gasteiger partial charge is 0.351 e. The van der Waals surface area contributed by atoms with Gasteiger partial charge in [-0.1, -0.05) is 6.07 Å². The van der Waals surface area contributed by atoms with Crippen LogP contribution < -0.4 is 5.32 Å². The first-order valence-corrected chi connectivity index (χ1v) is 10.3. The van der Waals surface area contributed by atoms with Crippen molar-refractivity contribution in [1.82, 2.24) is 10.2 Å². The average molecular weight is 450 g/mol. The fourth-order valence-electron chi connectivity index (χ4n) is 2.49. The van der Waals surface area contributed by atoms with E-state index < -0.39 is 9.84 Å². The van der Waals surface area contributed by atoms with Crippen LogP contribution in [0.4, 0.5) is 0 Å². The molecule has 1 aromatic carbocycles. The molecule has 0 unspecified atom stereocenters. The van der Waals surface area contributed by atoms with Gasteiger partial charge in [-0.3, -0.25) is 9.59 Å². The van der Waals surface area contributed by atoms with Gasteiger partial charge in [0.2, 0.25) is 5.91 Å². The number of benzene rings is 1. The van der Waals surface area contributed by atoms with Gasteiger partial charge in [-0.2, -0.15) is 0 Å². The molecule has 0 spiro atoms. The lowest BCUT2D eigenvalue weighted by Gasteiger charge is -2.21. The number of nitrogens with one attached hydrogen (secondary N) is 1. The second kappa shape index (κ2) is 7.61. The van der Waals surface area contributed by atoms with E-state index >= 15 is 0 Å². The van der Waals surface area contributed by atoms with Gasteiger partial charge in [-0.25, -0.2) is 8.42 Å². The second-order valence-corrected chi connectivity index (χ2v) is 8.97. The third kappa shape index (κ3) is 5.17. The standard InChI is InChI=1S/C15H19IN2O4S/c1-2-18(15(20)11-4-3-5-12(16)8-11)9-14(19)17-13-6-7-23(21,22)10-13/h3-5,8,13H,2,6-7,9-10H2,1H3,(H,17,19)/t13-/m1/s1. The Bertz CT molecular complexity index is 705. The quantitative estimate of drug-likeness (QED) is 0.681. The zero-order valence-corrected chi connectivity index (χ0v) is 15.8. The van der Waals surface area contributed by atoms with E-state index in [1.54, 1.807) is 25.1 Å². The van der Waals surface area contributed by atoms with Crippen LogP contribution in [0.5, 0.6) is 0 Å². The van der Waals surface area contributed by atoms with Crippen molar-refractivity contribution in [2.45, 2.75) is 19.4 Å². The summed E-state index contributed by atoms with van der Waals surface area (Å²) in [6.07, 6.45) is 0.436. The van der Waals surface area contributed by atoms with Gasteiger partial charge in [-0.05, 0) is 54.1 Å². The van der Waals surface area contributed by atoms with Crippen LogP contribution in [-0.4, -0.2) is 55.8 Å². The lowest BCUT2D eigenvalue weighted by Crippen LogP contribution is -2.44. The molecular formula is C15H19IN2O4S. The molecule has 126 valence electrons. The number of amides is 2. The van der Waals surface area contributed by atoms with Crippen molar-refractivity contribution in [3.8, 4) is 0 Å². The molecule has 1 saturated heterocycles. The molecule has 0 aromatic heterocycles. The molecule has 1 atom stereocenters. The van der Waals surface area contributed by atoms with E-state index in [9.17, 15) is 18.0 Å². The summed E-state index contributed by atoms with van der Waals surface area (Å²) in [5, 5.41) is 2.70. The van der Waals surface area contributed by atoms with E-state index in [-0.39, 0.29) is 35.9 Å².